The van der Waals surface area contributed by atoms with Crippen molar-refractivity contribution in [2.24, 2.45) is 0 Å². The Morgan fingerprint density at radius 2 is 2.00 bits per heavy atom. The van der Waals surface area contributed by atoms with Crippen LogP contribution in [0, 0.1) is 0 Å². The van der Waals surface area contributed by atoms with Crippen LogP contribution < -0.4 is 5.32 Å². The molecule has 0 aliphatic carbocycles. The topological polar surface area (TPSA) is 15.3 Å². The molecule has 1 aromatic carbocycles. The van der Waals surface area contributed by atoms with Gasteiger partial charge in [0.1, 0.15) is 0 Å². The Kier molecular flexibility index (Phi) is 5.87. The summed E-state index contributed by atoms with van der Waals surface area (Å²) >= 11 is 0. The van der Waals surface area contributed by atoms with Gasteiger partial charge in [-0.1, -0.05) is 37.3 Å². The standard InChI is InChI=1S/C17H28N2/c1-3-19-12-7-10-17(11-13-19)18-15(2)14-16-8-5-4-6-9-16/h4-6,8-9,15,17-18H,3,7,10-14H2,1-2H3. The highest BCUT2D eigenvalue weighted by molar-refractivity contribution is 5.15. The Bertz CT molecular complexity index is 350. The maximum Gasteiger partial charge on any atom is 0.00823 e. The average molecular weight is 260 g/mol. The van der Waals surface area contributed by atoms with Crippen molar-refractivity contribution in [2.45, 2.75) is 51.6 Å². The molecule has 0 radical (unpaired) electrons. The average Bonchev–Trinajstić information content (AvgIpc) is 2.65. The van der Waals surface area contributed by atoms with E-state index in [4.69, 9.17) is 0 Å². The smallest absolute Gasteiger partial charge is 0.00823 e. The largest absolute Gasteiger partial charge is 0.311 e. The summed E-state index contributed by atoms with van der Waals surface area (Å²) in [4.78, 5) is 2.57. The molecule has 1 aliphatic rings. The molecule has 1 N–H and O–H groups in total. The number of benzene rings is 1. The van der Waals surface area contributed by atoms with Crippen LogP contribution in [0.5, 0.6) is 0 Å². The minimum Gasteiger partial charge on any atom is -0.311 e. The van der Waals surface area contributed by atoms with Gasteiger partial charge in [-0.25, -0.2) is 0 Å². The van der Waals surface area contributed by atoms with E-state index in [1.54, 1.807) is 0 Å². The number of nitrogens with zero attached hydrogens (tertiary/aromatic N) is 1. The second-order valence-corrected chi connectivity index (χ2v) is 5.82. The van der Waals surface area contributed by atoms with Crippen LogP contribution in [0.15, 0.2) is 30.3 Å². The molecule has 106 valence electrons. The molecule has 0 aromatic heterocycles. The minimum atomic E-state index is 0.570. The molecule has 2 atom stereocenters. The van der Waals surface area contributed by atoms with Gasteiger partial charge in [0, 0.05) is 12.1 Å². The summed E-state index contributed by atoms with van der Waals surface area (Å²) in [5.74, 6) is 0. The van der Waals surface area contributed by atoms with Crippen molar-refractivity contribution in [3.05, 3.63) is 35.9 Å². The molecule has 1 aliphatic heterocycles. The van der Waals surface area contributed by atoms with E-state index in [-0.39, 0.29) is 0 Å². The zero-order chi connectivity index (χ0) is 13.5. The first kappa shape index (κ1) is 14.5. The summed E-state index contributed by atoms with van der Waals surface area (Å²) in [6.07, 6.45) is 5.10. The highest BCUT2D eigenvalue weighted by atomic mass is 15.1. The SMILES string of the molecule is CCN1CCCC(NC(C)Cc2ccccc2)CC1. The van der Waals surface area contributed by atoms with Crippen LogP contribution in [0.25, 0.3) is 0 Å². The second kappa shape index (κ2) is 7.66. The van der Waals surface area contributed by atoms with Gasteiger partial charge in [-0.15, -0.1) is 0 Å². The summed E-state index contributed by atoms with van der Waals surface area (Å²) < 4.78 is 0. The molecule has 2 unspecified atom stereocenters. The van der Waals surface area contributed by atoms with Gasteiger partial charge in [-0.3, -0.25) is 0 Å². The predicted octanol–water partition coefficient (Wildman–Crippen LogP) is 3.08. The van der Waals surface area contributed by atoms with Crippen LogP contribution >= 0.6 is 0 Å². The van der Waals surface area contributed by atoms with Crippen LogP contribution in [0.2, 0.25) is 0 Å². The number of likely N-dealkylation sites (tertiary alicyclic amines) is 1. The molecular weight excluding hydrogens is 232 g/mol. The quantitative estimate of drug-likeness (QED) is 0.875. The highest BCUT2D eigenvalue weighted by Gasteiger charge is 2.17. The Balaban J connectivity index is 1.77. The lowest BCUT2D eigenvalue weighted by atomic mass is 10.0. The van der Waals surface area contributed by atoms with Gasteiger partial charge in [0.25, 0.3) is 0 Å². The van der Waals surface area contributed by atoms with Crippen LogP contribution in [-0.4, -0.2) is 36.6 Å². The maximum absolute atomic E-state index is 3.83. The van der Waals surface area contributed by atoms with Gasteiger partial charge >= 0.3 is 0 Å². The molecule has 0 spiro atoms. The first-order valence-electron chi connectivity index (χ1n) is 7.80. The summed E-state index contributed by atoms with van der Waals surface area (Å²) in [6, 6.07) is 12.1. The van der Waals surface area contributed by atoms with Crippen molar-refractivity contribution < 1.29 is 0 Å². The van der Waals surface area contributed by atoms with Crippen molar-refractivity contribution in [3.8, 4) is 0 Å². The summed E-state index contributed by atoms with van der Waals surface area (Å²) in [5, 5.41) is 3.83. The first-order chi connectivity index (χ1) is 9.28. The van der Waals surface area contributed by atoms with Gasteiger partial charge in [-0.2, -0.15) is 0 Å². The Morgan fingerprint density at radius 1 is 1.21 bits per heavy atom. The van der Waals surface area contributed by atoms with Crippen molar-refractivity contribution in [2.75, 3.05) is 19.6 Å². The van der Waals surface area contributed by atoms with E-state index < -0.39 is 0 Å². The number of hydrogen-bond acceptors (Lipinski definition) is 2. The van der Waals surface area contributed by atoms with Crippen LogP contribution in [0.3, 0.4) is 0 Å². The molecule has 1 heterocycles. The normalized spacial score (nSPS) is 22.9. The van der Waals surface area contributed by atoms with Gasteiger partial charge in [0.05, 0.1) is 0 Å². The highest BCUT2D eigenvalue weighted by Crippen LogP contribution is 2.12. The van der Waals surface area contributed by atoms with Gasteiger partial charge in [0.15, 0.2) is 0 Å². The third-order valence-electron chi connectivity index (χ3n) is 4.17. The maximum atomic E-state index is 3.83. The van der Waals surface area contributed by atoms with Gasteiger partial charge in [0.2, 0.25) is 0 Å². The molecule has 19 heavy (non-hydrogen) atoms. The zero-order valence-electron chi connectivity index (χ0n) is 12.4. The molecule has 1 aromatic rings. The third kappa shape index (κ3) is 4.96. The van der Waals surface area contributed by atoms with E-state index in [1.807, 2.05) is 0 Å². The lowest BCUT2D eigenvalue weighted by molar-refractivity contribution is 0.295. The number of hydrogen-bond donors (Lipinski definition) is 1. The van der Waals surface area contributed by atoms with E-state index in [0.29, 0.717) is 12.1 Å². The predicted molar refractivity (Wildman–Crippen MR) is 82.5 cm³/mol. The lowest BCUT2D eigenvalue weighted by Gasteiger charge is -2.22. The minimum absolute atomic E-state index is 0.570. The molecular formula is C17H28N2. The third-order valence-corrected chi connectivity index (χ3v) is 4.17. The molecule has 2 heteroatoms. The number of nitrogens with one attached hydrogen (secondary N) is 1. The Labute approximate surface area is 118 Å². The fourth-order valence-corrected chi connectivity index (χ4v) is 3.07. The molecule has 1 fully saturated rings. The lowest BCUT2D eigenvalue weighted by Crippen LogP contribution is -2.38. The van der Waals surface area contributed by atoms with Crippen molar-refractivity contribution in [1.82, 2.24) is 10.2 Å². The zero-order valence-corrected chi connectivity index (χ0v) is 12.4. The second-order valence-electron chi connectivity index (χ2n) is 5.82. The Morgan fingerprint density at radius 3 is 2.74 bits per heavy atom. The van der Waals surface area contributed by atoms with E-state index in [9.17, 15) is 0 Å². The van der Waals surface area contributed by atoms with Crippen molar-refractivity contribution in [1.29, 1.82) is 0 Å². The molecule has 1 saturated heterocycles. The molecule has 2 rings (SSSR count). The summed E-state index contributed by atoms with van der Waals surface area (Å²) in [6.45, 7) is 8.32. The van der Waals surface area contributed by atoms with E-state index >= 15 is 0 Å². The first-order valence-corrected chi connectivity index (χ1v) is 7.80. The van der Waals surface area contributed by atoms with E-state index in [1.165, 1.54) is 44.5 Å². The van der Waals surface area contributed by atoms with E-state index in [0.717, 1.165) is 6.42 Å². The molecule has 2 nitrogen and oxygen atoms in total. The van der Waals surface area contributed by atoms with Crippen LogP contribution in [0.1, 0.15) is 38.7 Å². The van der Waals surface area contributed by atoms with Crippen LogP contribution in [0.4, 0.5) is 0 Å². The van der Waals surface area contributed by atoms with E-state index in [2.05, 4.69) is 54.4 Å². The van der Waals surface area contributed by atoms with Gasteiger partial charge in [-0.05, 0) is 57.8 Å². The molecule has 0 saturated carbocycles. The Hall–Kier alpha value is -0.860. The van der Waals surface area contributed by atoms with Crippen molar-refractivity contribution in [3.63, 3.8) is 0 Å². The monoisotopic (exact) mass is 260 g/mol. The number of rotatable bonds is 5. The molecule has 0 bridgehead atoms. The fraction of sp³-hybridized carbons (Fsp3) is 0.647. The van der Waals surface area contributed by atoms with Gasteiger partial charge < -0.3 is 10.2 Å². The summed E-state index contributed by atoms with van der Waals surface area (Å²) in [5.41, 5.74) is 1.44. The summed E-state index contributed by atoms with van der Waals surface area (Å²) in [7, 11) is 0. The fourth-order valence-electron chi connectivity index (χ4n) is 3.07. The van der Waals surface area contributed by atoms with Crippen LogP contribution in [-0.2, 0) is 6.42 Å². The van der Waals surface area contributed by atoms with Crippen molar-refractivity contribution >= 4 is 0 Å². The molecule has 0 amide bonds.